The Balaban J connectivity index is 1.39. The van der Waals surface area contributed by atoms with Gasteiger partial charge in [-0.1, -0.05) is 13.8 Å². The molecule has 0 aromatic heterocycles. The fourth-order valence-corrected chi connectivity index (χ4v) is 4.33. The van der Waals surface area contributed by atoms with Crippen molar-refractivity contribution < 1.29 is 9.53 Å². The van der Waals surface area contributed by atoms with Crippen LogP contribution in [0.2, 0.25) is 0 Å². The summed E-state index contributed by atoms with van der Waals surface area (Å²) < 4.78 is 5.38. The lowest BCUT2D eigenvalue weighted by Gasteiger charge is -2.46. The van der Waals surface area contributed by atoms with Gasteiger partial charge in [0.15, 0.2) is 0 Å². The van der Waals surface area contributed by atoms with E-state index in [0.29, 0.717) is 17.4 Å². The number of rotatable bonds is 5. The van der Waals surface area contributed by atoms with Crippen LogP contribution in [0, 0.1) is 11.3 Å². The molecule has 2 saturated heterocycles. The zero-order valence-electron chi connectivity index (χ0n) is 14.9. The van der Waals surface area contributed by atoms with Gasteiger partial charge in [-0.05, 0) is 51.1 Å². The van der Waals surface area contributed by atoms with E-state index in [-0.39, 0.29) is 6.03 Å². The van der Waals surface area contributed by atoms with Gasteiger partial charge in [0.25, 0.3) is 0 Å². The number of amides is 2. The maximum Gasteiger partial charge on any atom is 0.317 e. The molecule has 3 aliphatic rings. The van der Waals surface area contributed by atoms with Crippen molar-refractivity contribution in [3.05, 3.63) is 0 Å². The molecule has 0 bridgehead atoms. The number of likely N-dealkylation sites (tertiary alicyclic amines) is 1. The Morgan fingerprint density at radius 1 is 1.22 bits per heavy atom. The second-order valence-corrected chi connectivity index (χ2v) is 7.80. The van der Waals surface area contributed by atoms with Crippen molar-refractivity contribution in [2.45, 2.75) is 52.0 Å². The minimum atomic E-state index is 0.165. The van der Waals surface area contributed by atoms with Crippen LogP contribution in [0.25, 0.3) is 0 Å². The van der Waals surface area contributed by atoms with E-state index >= 15 is 0 Å². The van der Waals surface area contributed by atoms with Crippen molar-refractivity contribution in [1.82, 2.24) is 15.1 Å². The first-order chi connectivity index (χ1) is 11.1. The lowest BCUT2D eigenvalue weighted by atomic mass is 9.71. The minimum Gasteiger partial charge on any atom is -0.380 e. The second-order valence-electron chi connectivity index (χ2n) is 7.80. The molecule has 5 heteroatoms. The molecule has 2 aliphatic heterocycles. The van der Waals surface area contributed by atoms with Gasteiger partial charge in [-0.15, -0.1) is 0 Å². The SMILES string of the molecule is CCN(CC)CC1CCN(C(=O)NC2CCC3(CC2)COC3)C1. The molecule has 5 nitrogen and oxygen atoms in total. The van der Waals surface area contributed by atoms with Crippen LogP contribution in [-0.4, -0.2) is 67.8 Å². The highest BCUT2D eigenvalue weighted by molar-refractivity contribution is 5.74. The molecule has 1 unspecified atom stereocenters. The van der Waals surface area contributed by atoms with Crippen molar-refractivity contribution in [3.8, 4) is 0 Å². The summed E-state index contributed by atoms with van der Waals surface area (Å²) in [7, 11) is 0. The predicted molar refractivity (Wildman–Crippen MR) is 91.5 cm³/mol. The molecule has 23 heavy (non-hydrogen) atoms. The molecule has 2 heterocycles. The van der Waals surface area contributed by atoms with Crippen LogP contribution in [0.1, 0.15) is 46.0 Å². The fourth-order valence-electron chi connectivity index (χ4n) is 4.33. The maximum absolute atomic E-state index is 12.5. The number of ether oxygens (including phenoxy) is 1. The van der Waals surface area contributed by atoms with E-state index in [1.54, 1.807) is 0 Å². The van der Waals surface area contributed by atoms with Crippen molar-refractivity contribution in [3.63, 3.8) is 0 Å². The van der Waals surface area contributed by atoms with E-state index in [1.165, 1.54) is 12.8 Å². The van der Waals surface area contributed by atoms with Gasteiger partial charge < -0.3 is 19.9 Å². The van der Waals surface area contributed by atoms with Crippen LogP contribution < -0.4 is 5.32 Å². The summed E-state index contributed by atoms with van der Waals surface area (Å²) in [5, 5.41) is 3.28. The Bertz CT molecular complexity index is 397. The number of urea groups is 1. The summed E-state index contributed by atoms with van der Waals surface area (Å²) in [6.07, 6.45) is 5.80. The molecule has 2 amide bonds. The molecule has 0 aromatic rings. The summed E-state index contributed by atoms with van der Waals surface area (Å²) in [5.41, 5.74) is 0.462. The zero-order valence-corrected chi connectivity index (χ0v) is 14.9. The molecule has 132 valence electrons. The third kappa shape index (κ3) is 4.00. The fraction of sp³-hybridized carbons (Fsp3) is 0.944. The Kier molecular flexibility index (Phi) is 5.47. The van der Waals surface area contributed by atoms with Crippen LogP contribution in [0.15, 0.2) is 0 Å². The van der Waals surface area contributed by atoms with Crippen molar-refractivity contribution in [2.24, 2.45) is 11.3 Å². The molecule has 0 radical (unpaired) electrons. The average molecular weight is 323 g/mol. The first-order valence-electron chi connectivity index (χ1n) is 9.49. The number of carbonyl (C=O) groups is 1. The summed E-state index contributed by atoms with van der Waals surface area (Å²) in [5.74, 6) is 0.641. The zero-order chi connectivity index (χ0) is 16.3. The standard InChI is InChI=1S/C18H33N3O2/c1-3-20(4-2)11-15-7-10-21(12-15)17(22)19-16-5-8-18(9-6-16)13-23-14-18/h15-16H,3-14H2,1-2H3,(H,19,22). The van der Waals surface area contributed by atoms with Gasteiger partial charge in [-0.2, -0.15) is 0 Å². The maximum atomic E-state index is 12.5. The largest absolute Gasteiger partial charge is 0.380 e. The molecule has 1 atom stereocenters. The Morgan fingerprint density at radius 3 is 2.48 bits per heavy atom. The van der Waals surface area contributed by atoms with Gasteiger partial charge in [0.1, 0.15) is 0 Å². The predicted octanol–water partition coefficient (Wildman–Crippen LogP) is 2.32. The van der Waals surface area contributed by atoms with Crippen molar-refractivity contribution in [2.75, 3.05) is 45.9 Å². The Labute approximate surface area is 140 Å². The third-order valence-electron chi connectivity index (χ3n) is 6.17. The van der Waals surface area contributed by atoms with Gasteiger partial charge >= 0.3 is 6.03 Å². The monoisotopic (exact) mass is 323 g/mol. The summed E-state index contributed by atoms with van der Waals surface area (Å²) in [4.78, 5) is 17.0. The third-order valence-corrected chi connectivity index (χ3v) is 6.17. The lowest BCUT2D eigenvalue weighted by molar-refractivity contribution is -0.133. The number of carbonyl (C=O) groups excluding carboxylic acids is 1. The molecule has 3 rings (SSSR count). The average Bonchev–Trinajstić information content (AvgIpc) is 3.00. The van der Waals surface area contributed by atoms with Crippen molar-refractivity contribution >= 4 is 6.03 Å². The van der Waals surface area contributed by atoms with Crippen molar-refractivity contribution in [1.29, 1.82) is 0 Å². The van der Waals surface area contributed by atoms with Gasteiger partial charge in [0.05, 0.1) is 13.2 Å². The normalized spacial score (nSPS) is 27.4. The lowest BCUT2D eigenvalue weighted by Crippen LogP contribution is -2.51. The highest BCUT2D eigenvalue weighted by atomic mass is 16.5. The van der Waals surface area contributed by atoms with Gasteiger partial charge in [-0.25, -0.2) is 4.79 Å². The summed E-state index contributed by atoms with van der Waals surface area (Å²) >= 11 is 0. The quantitative estimate of drug-likeness (QED) is 0.844. The molecule has 1 aliphatic carbocycles. The van der Waals surface area contributed by atoms with E-state index in [9.17, 15) is 4.79 Å². The van der Waals surface area contributed by atoms with E-state index in [4.69, 9.17) is 4.74 Å². The number of nitrogens with one attached hydrogen (secondary N) is 1. The van der Waals surface area contributed by atoms with Crippen LogP contribution in [0.3, 0.4) is 0 Å². The molecular formula is C18H33N3O2. The van der Waals surface area contributed by atoms with Gasteiger partial charge in [0, 0.05) is 31.1 Å². The van der Waals surface area contributed by atoms with E-state index in [0.717, 1.165) is 65.2 Å². The molecule has 1 spiro atoms. The molecule has 3 fully saturated rings. The van der Waals surface area contributed by atoms with E-state index in [2.05, 4.69) is 24.1 Å². The van der Waals surface area contributed by atoms with Gasteiger partial charge in [0.2, 0.25) is 0 Å². The number of hydrogen-bond acceptors (Lipinski definition) is 3. The van der Waals surface area contributed by atoms with E-state index < -0.39 is 0 Å². The van der Waals surface area contributed by atoms with Gasteiger partial charge in [-0.3, -0.25) is 0 Å². The molecule has 1 saturated carbocycles. The first kappa shape index (κ1) is 17.0. The smallest absolute Gasteiger partial charge is 0.317 e. The highest BCUT2D eigenvalue weighted by Gasteiger charge is 2.42. The summed E-state index contributed by atoms with van der Waals surface area (Å²) in [6.45, 7) is 11.5. The van der Waals surface area contributed by atoms with Crippen LogP contribution >= 0.6 is 0 Å². The molecule has 1 N–H and O–H groups in total. The van der Waals surface area contributed by atoms with Crippen LogP contribution in [0.4, 0.5) is 4.79 Å². The molecule has 0 aromatic carbocycles. The Morgan fingerprint density at radius 2 is 1.91 bits per heavy atom. The van der Waals surface area contributed by atoms with E-state index in [1.807, 2.05) is 4.90 Å². The minimum absolute atomic E-state index is 0.165. The number of hydrogen-bond donors (Lipinski definition) is 1. The molecular weight excluding hydrogens is 290 g/mol. The topological polar surface area (TPSA) is 44.8 Å². The van der Waals surface area contributed by atoms with Crippen LogP contribution in [0.5, 0.6) is 0 Å². The number of nitrogens with zero attached hydrogens (tertiary/aromatic N) is 2. The second kappa shape index (κ2) is 7.39. The summed E-state index contributed by atoms with van der Waals surface area (Å²) in [6, 6.07) is 0.536. The van der Waals surface area contributed by atoms with Crippen LogP contribution in [-0.2, 0) is 4.74 Å². The first-order valence-corrected chi connectivity index (χ1v) is 9.49. The Hall–Kier alpha value is -0.810. The highest BCUT2D eigenvalue weighted by Crippen LogP contribution is 2.42.